The fourth-order valence-electron chi connectivity index (χ4n) is 1.49. The molecule has 0 aliphatic heterocycles. The van der Waals surface area contributed by atoms with Crippen LogP contribution in [0, 0.1) is 0 Å². The predicted molar refractivity (Wildman–Crippen MR) is 56.5 cm³/mol. The van der Waals surface area contributed by atoms with Crippen molar-refractivity contribution in [2.45, 2.75) is 25.9 Å². The normalized spacial score (nSPS) is 11.3. The Labute approximate surface area is 97.4 Å². The third-order valence-corrected chi connectivity index (χ3v) is 2.15. The maximum absolute atomic E-state index is 12.3. The van der Waals surface area contributed by atoms with E-state index in [2.05, 4.69) is 0 Å². The number of halogens is 3. The van der Waals surface area contributed by atoms with Crippen molar-refractivity contribution in [2.24, 2.45) is 0 Å². The van der Waals surface area contributed by atoms with E-state index in [9.17, 15) is 18.0 Å². The molecule has 0 unspecified atom stereocenters. The monoisotopic (exact) mass is 246 g/mol. The molecule has 94 valence electrons. The average molecular weight is 246 g/mol. The minimum absolute atomic E-state index is 0.119. The Morgan fingerprint density at radius 1 is 1.24 bits per heavy atom. The van der Waals surface area contributed by atoms with Crippen LogP contribution in [0.1, 0.15) is 18.1 Å². The van der Waals surface area contributed by atoms with E-state index in [-0.39, 0.29) is 18.6 Å². The molecule has 1 rings (SSSR count). The molecule has 0 aromatic heterocycles. The Bertz CT molecular complexity index is 386. The van der Waals surface area contributed by atoms with Gasteiger partial charge in [0.1, 0.15) is 0 Å². The molecule has 2 nitrogen and oxygen atoms in total. The lowest BCUT2D eigenvalue weighted by Gasteiger charge is -2.11. The Morgan fingerprint density at radius 2 is 1.82 bits per heavy atom. The second kappa shape index (κ2) is 5.70. The van der Waals surface area contributed by atoms with Gasteiger partial charge in [-0.1, -0.05) is 24.3 Å². The molecule has 0 spiro atoms. The molecule has 0 aliphatic carbocycles. The van der Waals surface area contributed by atoms with E-state index in [0.29, 0.717) is 5.56 Å². The Balaban J connectivity index is 2.81. The highest BCUT2D eigenvalue weighted by atomic mass is 19.4. The minimum atomic E-state index is -4.27. The van der Waals surface area contributed by atoms with Gasteiger partial charge in [-0.05, 0) is 18.1 Å². The minimum Gasteiger partial charge on any atom is -0.466 e. The summed E-state index contributed by atoms with van der Waals surface area (Å²) < 4.78 is 41.6. The van der Waals surface area contributed by atoms with Gasteiger partial charge >= 0.3 is 12.1 Å². The zero-order chi connectivity index (χ0) is 12.9. The van der Waals surface area contributed by atoms with Crippen LogP contribution in [0.3, 0.4) is 0 Å². The van der Waals surface area contributed by atoms with Crippen molar-refractivity contribution in [1.82, 2.24) is 0 Å². The molecular weight excluding hydrogens is 233 g/mol. The van der Waals surface area contributed by atoms with Crippen LogP contribution < -0.4 is 0 Å². The molecule has 0 heterocycles. The van der Waals surface area contributed by atoms with Crippen LogP contribution in [0.15, 0.2) is 24.3 Å². The number of benzene rings is 1. The summed E-state index contributed by atoms with van der Waals surface area (Å²) >= 11 is 0. The van der Waals surface area contributed by atoms with Crippen molar-refractivity contribution in [3.8, 4) is 0 Å². The zero-order valence-corrected chi connectivity index (χ0v) is 9.38. The molecule has 0 N–H and O–H groups in total. The van der Waals surface area contributed by atoms with Crippen LogP contribution in [0.2, 0.25) is 0 Å². The molecule has 0 saturated carbocycles. The molecule has 0 saturated heterocycles. The first-order valence-electron chi connectivity index (χ1n) is 5.21. The number of hydrogen-bond donors (Lipinski definition) is 0. The van der Waals surface area contributed by atoms with Crippen LogP contribution in [-0.2, 0) is 22.4 Å². The number of alkyl halides is 3. The van der Waals surface area contributed by atoms with Crippen LogP contribution in [0.25, 0.3) is 0 Å². The predicted octanol–water partition coefficient (Wildman–Crippen LogP) is 2.90. The summed E-state index contributed by atoms with van der Waals surface area (Å²) in [4.78, 5) is 11.2. The summed E-state index contributed by atoms with van der Waals surface area (Å²) in [6, 6.07) is 6.02. The zero-order valence-electron chi connectivity index (χ0n) is 9.38. The quantitative estimate of drug-likeness (QED) is 0.763. The fourth-order valence-corrected chi connectivity index (χ4v) is 1.49. The van der Waals surface area contributed by atoms with Crippen molar-refractivity contribution >= 4 is 5.97 Å². The van der Waals surface area contributed by atoms with Gasteiger partial charge in [0.05, 0.1) is 19.4 Å². The standard InChI is InChI=1S/C12H13F3O2/c1-2-17-11(16)7-9-5-3-4-6-10(9)8-12(13,14)15/h3-6H,2,7-8H2,1H3. The van der Waals surface area contributed by atoms with Crippen LogP contribution in [-0.4, -0.2) is 18.8 Å². The highest BCUT2D eigenvalue weighted by molar-refractivity contribution is 5.73. The van der Waals surface area contributed by atoms with Gasteiger partial charge in [0.25, 0.3) is 0 Å². The van der Waals surface area contributed by atoms with Crippen molar-refractivity contribution in [3.05, 3.63) is 35.4 Å². The van der Waals surface area contributed by atoms with E-state index in [1.807, 2.05) is 0 Å². The molecule has 0 fully saturated rings. The molecular formula is C12H13F3O2. The number of rotatable bonds is 4. The van der Waals surface area contributed by atoms with Gasteiger partial charge in [0, 0.05) is 0 Å². The number of esters is 1. The molecule has 0 aliphatic rings. The van der Waals surface area contributed by atoms with E-state index < -0.39 is 18.6 Å². The van der Waals surface area contributed by atoms with Gasteiger partial charge in [-0.2, -0.15) is 13.2 Å². The van der Waals surface area contributed by atoms with Gasteiger partial charge in [-0.3, -0.25) is 4.79 Å². The van der Waals surface area contributed by atoms with Gasteiger partial charge in [-0.15, -0.1) is 0 Å². The molecule has 0 amide bonds. The van der Waals surface area contributed by atoms with Gasteiger partial charge in [0.2, 0.25) is 0 Å². The molecule has 1 aromatic rings. The van der Waals surface area contributed by atoms with E-state index in [1.165, 1.54) is 18.2 Å². The van der Waals surface area contributed by atoms with Crippen molar-refractivity contribution in [2.75, 3.05) is 6.61 Å². The summed E-state index contributed by atoms with van der Waals surface area (Å²) in [7, 11) is 0. The lowest BCUT2D eigenvalue weighted by Crippen LogP contribution is -2.15. The molecule has 0 radical (unpaired) electrons. The number of carbonyl (C=O) groups excluding carboxylic acids is 1. The smallest absolute Gasteiger partial charge is 0.393 e. The first-order chi connectivity index (χ1) is 7.92. The molecule has 0 bridgehead atoms. The number of ether oxygens (including phenoxy) is 1. The van der Waals surface area contributed by atoms with E-state index in [0.717, 1.165) is 0 Å². The SMILES string of the molecule is CCOC(=O)Cc1ccccc1CC(F)(F)F. The Kier molecular flexibility index (Phi) is 4.54. The highest BCUT2D eigenvalue weighted by Gasteiger charge is 2.28. The average Bonchev–Trinajstić information content (AvgIpc) is 2.19. The van der Waals surface area contributed by atoms with Crippen LogP contribution in [0.5, 0.6) is 0 Å². The van der Waals surface area contributed by atoms with E-state index in [4.69, 9.17) is 4.74 Å². The first kappa shape index (κ1) is 13.5. The summed E-state index contributed by atoms with van der Waals surface area (Å²) in [6.07, 6.45) is -5.42. The summed E-state index contributed by atoms with van der Waals surface area (Å²) in [5, 5.41) is 0. The summed E-state index contributed by atoms with van der Waals surface area (Å²) in [5.74, 6) is -0.512. The molecule has 1 aromatic carbocycles. The topological polar surface area (TPSA) is 26.3 Å². The van der Waals surface area contributed by atoms with Gasteiger partial charge in [-0.25, -0.2) is 0 Å². The highest BCUT2D eigenvalue weighted by Crippen LogP contribution is 2.23. The van der Waals surface area contributed by atoms with Crippen molar-refractivity contribution in [3.63, 3.8) is 0 Å². The second-order valence-corrected chi connectivity index (χ2v) is 3.54. The van der Waals surface area contributed by atoms with Gasteiger partial charge in [0.15, 0.2) is 0 Å². The fraction of sp³-hybridized carbons (Fsp3) is 0.417. The summed E-state index contributed by atoms with van der Waals surface area (Å²) in [5.41, 5.74) is 0.483. The summed E-state index contributed by atoms with van der Waals surface area (Å²) in [6.45, 7) is 1.87. The Hall–Kier alpha value is -1.52. The number of carbonyl (C=O) groups is 1. The van der Waals surface area contributed by atoms with Crippen molar-refractivity contribution < 1.29 is 22.7 Å². The lowest BCUT2D eigenvalue weighted by molar-refractivity contribution is -0.142. The van der Waals surface area contributed by atoms with E-state index >= 15 is 0 Å². The second-order valence-electron chi connectivity index (χ2n) is 3.54. The molecule has 0 atom stereocenters. The largest absolute Gasteiger partial charge is 0.466 e. The first-order valence-corrected chi connectivity index (χ1v) is 5.21. The maximum atomic E-state index is 12.3. The maximum Gasteiger partial charge on any atom is 0.393 e. The third kappa shape index (κ3) is 4.89. The Morgan fingerprint density at radius 3 is 2.35 bits per heavy atom. The van der Waals surface area contributed by atoms with Crippen molar-refractivity contribution in [1.29, 1.82) is 0 Å². The lowest BCUT2D eigenvalue weighted by atomic mass is 10.0. The third-order valence-electron chi connectivity index (χ3n) is 2.15. The van der Waals surface area contributed by atoms with Crippen LogP contribution >= 0.6 is 0 Å². The van der Waals surface area contributed by atoms with E-state index in [1.54, 1.807) is 13.0 Å². The molecule has 17 heavy (non-hydrogen) atoms. The number of hydrogen-bond acceptors (Lipinski definition) is 2. The van der Waals surface area contributed by atoms with Gasteiger partial charge < -0.3 is 4.74 Å². The van der Waals surface area contributed by atoms with Crippen LogP contribution in [0.4, 0.5) is 13.2 Å². The molecule has 5 heteroatoms.